The number of amides is 1. The van der Waals surface area contributed by atoms with E-state index in [9.17, 15) is 9.90 Å². The lowest BCUT2D eigenvalue weighted by atomic mass is 9.79. The Morgan fingerprint density at radius 1 is 1.37 bits per heavy atom. The normalized spacial score (nSPS) is 35.6. The van der Waals surface area contributed by atoms with Crippen LogP contribution in [-0.2, 0) is 4.79 Å². The molecule has 1 saturated carbocycles. The molecule has 1 amide bonds. The first kappa shape index (κ1) is 14.8. The molecule has 4 atom stereocenters. The second-order valence-electron chi connectivity index (χ2n) is 6.35. The van der Waals surface area contributed by atoms with E-state index in [2.05, 4.69) is 6.92 Å². The highest BCUT2D eigenvalue weighted by atomic mass is 16.3. The Balaban J connectivity index is 1.95. The molecule has 0 aromatic rings. The molecule has 4 unspecified atom stereocenters. The van der Waals surface area contributed by atoms with E-state index in [0.29, 0.717) is 11.8 Å². The van der Waals surface area contributed by atoms with Gasteiger partial charge >= 0.3 is 0 Å². The van der Waals surface area contributed by atoms with Gasteiger partial charge in [-0.1, -0.05) is 19.8 Å². The first-order valence-corrected chi connectivity index (χ1v) is 7.78. The molecule has 0 aromatic heterocycles. The predicted octanol–water partition coefficient (Wildman–Crippen LogP) is 1.37. The largest absolute Gasteiger partial charge is 0.394 e. The summed E-state index contributed by atoms with van der Waals surface area (Å²) < 4.78 is 0. The summed E-state index contributed by atoms with van der Waals surface area (Å²) in [5, 5.41) is 9.48. The second-order valence-corrected chi connectivity index (χ2v) is 6.35. The van der Waals surface area contributed by atoms with E-state index in [0.717, 1.165) is 45.2 Å². The van der Waals surface area contributed by atoms with Crippen LogP contribution in [0.25, 0.3) is 0 Å². The fraction of sp³-hybridized carbons (Fsp3) is 0.933. The van der Waals surface area contributed by atoms with Crippen molar-refractivity contribution >= 4 is 5.91 Å². The quantitative estimate of drug-likeness (QED) is 0.809. The van der Waals surface area contributed by atoms with Crippen LogP contribution in [0.2, 0.25) is 0 Å². The van der Waals surface area contributed by atoms with E-state index in [1.807, 2.05) is 4.90 Å². The van der Waals surface area contributed by atoms with Crippen molar-refractivity contribution in [3.63, 3.8) is 0 Å². The van der Waals surface area contributed by atoms with E-state index in [1.54, 1.807) is 0 Å². The Morgan fingerprint density at radius 3 is 2.84 bits per heavy atom. The Labute approximate surface area is 116 Å². The van der Waals surface area contributed by atoms with Gasteiger partial charge < -0.3 is 15.7 Å². The van der Waals surface area contributed by atoms with Crippen molar-refractivity contribution in [1.82, 2.24) is 4.90 Å². The standard InChI is InChI=1S/C15H28N2O2/c1-11-6-8-17(14(11)10-18)15(19)13-4-2-3-12(9-13)5-7-16/h11-14,18H,2-10,16H2,1H3. The van der Waals surface area contributed by atoms with Gasteiger partial charge in [-0.2, -0.15) is 0 Å². The summed E-state index contributed by atoms with van der Waals surface area (Å²) in [6, 6.07) is 0.0439. The van der Waals surface area contributed by atoms with Crippen molar-refractivity contribution in [1.29, 1.82) is 0 Å². The van der Waals surface area contributed by atoms with Crippen LogP contribution >= 0.6 is 0 Å². The monoisotopic (exact) mass is 268 g/mol. The van der Waals surface area contributed by atoms with Gasteiger partial charge in [0, 0.05) is 12.5 Å². The molecular formula is C15H28N2O2. The third-order valence-corrected chi connectivity index (χ3v) is 5.06. The molecule has 0 aromatic carbocycles. The van der Waals surface area contributed by atoms with Gasteiger partial charge in [-0.25, -0.2) is 0 Å². The zero-order valence-corrected chi connectivity index (χ0v) is 12.1. The lowest BCUT2D eigenvalue weighted by Gasteiger charge is -2.33. The summed E-state index contributed by atoms with van der Waals surface area (Å²) in [6.45, 7) is 3.78. The van der Waals surface area contributed by atoms with Gasteiger partial charge in [0.1, 0.15) is 0 Å². The maximum Gasteiger partial charge on any atom is 0.226 e. The number of nitrogens with zero attached hydrogens (tertiary/aromatic N) is 1. The van der Waals surface area contributed by atoms with Crippen LogP contribution < -0.4 is 5.73 Å². The molecule has 110 valence electrons. The molecule has 0 bridgehead atoms. The van der Waals surface area contributed by atoms with Gasteiger partial charge in [-0.3, -0.25) is 4.79 Å². The number of hydrogen-bond donors (Lipinski definition) is 2. The van der Waals surface area contributed by atoms with E-state index in [-0.39, 0.29) is 24.5 Å². The third-order valence-electron chi connectivity index (χ3n) is 5.06. The predicted molar refractivity (Wildman–Crippen MR) is 75.5 cm³/mol. The van der Waals surface area contributed by atoms with Gasteiger partial charge in [-0.15, -0.1) is 0 Å². The first-order valence-electron chi connectivity index (χ1n) is 7.78. The highest BCUT2D eigenvalue weighted by Crippen LogP contribution is 2.34. The Hall–Kier alpha value is -0.610. The number of carbonyl (C=O) groups is 1. The van der Waals surface area contributed by atoms with Gasteiger partial charge in [0.2, 0.25) is 5.91 Å². The van der Waals surface area contributed by atoms with Crippen LogP contribution in [0.3, 0.4) is 0 Å². The zero-order valence-electron chi connectivity index (χ0n) is 12.1. The summed E-state index contributed by atoms with van der Waals surface area (Å²) in [5.74, 6) is 1.51. The molecule has 4 nitrogen and oxygen atoms in total. The highest BCUT2D eigenvalue weighted by Gasteiger charge is 2.38. The van der Waals surface area contributed by atoms with Crippen LogP contribution in [0.1, 0.15) is 45.4 Å². The third kappa shape index (κ3) is 3.29. The van der Waals surface area contributed by atoms with E-state index in [4.69, 9.17) is 5.73 Å². The molecule has 1 saturated heterocycles. The zero-order chi connectivity index (χ0) is 13.8. The summed E-state index contributed by atoms with van der Waals surface area (Å²) in [7, 11) is 0. The molecule has 2 rings (SSSR count). The molecule has 0 spiro atoms. The maximum atomic E-state index is 12.6. The molecule has 19 heavy (non-hydrogen) atoms. The molecule has 3 N–H and O–H groups in total. The topological polar surface area (TPSA) is 66.6 Å². The van der Waals surface area contributed by atoms with Crippen molar-refractivity contribution in [3.8, 4) is 0 Å². The lowest BCUT2D eigenvalue weighted by molar-refractivity contribution is -0.139. The second kappa shape index (κ2) is 6.71. The van der Waals surface area contributed by atoms with Crippen molar-refractivity contribution < 1.29 is 9.90 Å². The van der Waals surface area contributed by atoms with E-state index in [1.165, 1.54) is 6.42 Å². The summed E-state index contributed by atoms with van der Waals surface area (Å²) in [5.41, 5.74) is 5.64. The van der Waals surface area contributed by atoms with Crippen LogP contribution in [0.4, 0.5) is 0 Å². The van der Waals surface area contributed by atoms with Crippen molar-refractivity contribution in [2.24, 2.45) is 23.5 Å². The van der Waals surface area contributed by atoms with E-state index < -0.39 is 0 Å². The van der Waals surface area contributed by atoms with E-state index >= 15 is 0 Å². The number of rotatable bonds is 4. The average Bonchev–Trinajstić information content (AvgIpc) is 2.79. The lowest BCUT2D eigenvalue weighted by Crippen LogP contribution is -2.44. The number of aliphatic hydroxyl groups is 1. The van der Waals surface area contributed by atoms with Crippen LogP contribution in [0.15, 0.2) is 0 Å². The van der Waals surface area contributed by atoms with Crippen LogP contribution in [-0.4, -0.2) is 41.7 Å². The minimum atomic E-state index is 0.0439. The average molecular weight is 268 g/mol. The molecule has 2 fully saturated rings. The van der Waals surface area contributed by atoms with Crippen molar-refractivity contribution in [3.05, 3.63) is 0 Å². The molecular weight excluding hydrogens is 240 g/mol. The number of nitrogens with two attached hydrogens (primary N) is 1. The molecule has 2 aliphatic rings. The molecule has 1 aliphatic carbocycles. The fourth-order valence-electron chi connectivity index (χ4n) is 3.81. The maximum absolute atomic E-state index is 12.6. The highest BCUT2D eigenvalue weighted by molar-refractivity contribution is 5.79. The van der Waals surface area contributed by atoms with Crippen LogP contribution in [0, 0.1) is 17.8 Å². The molecule has 1 heterocycles. The summed E-state index contributed by atoms with van der Waals surface area (Å²) in [4.78, 5) is 14.6. The Kier molecular flexibility index (Phi) is 5.22. The van der Waals surface area contributed by atoms with Crippen molar-refractivity contribution in [2.75, 3.05) is 19.7 Å². The first-order chi connectivity index (χ1) is 9.17. The molecule has 0 radical (unpaired) electrons. The van der Waals surface area contributed by atoms with Gasteiger partial charge in [0.25, 0.3) is 0 Å². The fourth-order valence-corrected chi connectivity index (χ4v) is 3.81. The SMILES string of the molecule is CC1CCN(C(=O)C2CCCC(CCN)C2)C1CO. The number of hydrogen-bond acceptors (Lipinski definition) is 3. The number of likely N-dealkylation sites (tertiary alicyclic amines) is 1. The van der Waals surface area contributed by atoms with Gasteiger partial charge in [-0.05, 0) is 44.1 Å². The summed E-state index contributed by atoms with van der Waals surface area (Å²) >= 11 is 0. The molecule has 1 aliphatic heterocycles. The smallest absolute Gasteiger partial charge is 0.226 e. The minimum absolute atomic E-state index is 0.0439. The number of aliphatic hydroxyl groups excluding tert-OH is 1. The van der Waals surface area contributed by atoms with Crippen molar-refractivity contribution in [2.45, 2.75) is 51.5 Å². The minimum Gasteiger partial charge on any atom is -0.394 e. The van der Waals surface area contributed by atoms with Gasteiger partial charge in [0.15, 0.2) is 0 Å². The Morgan fingerprint density at radius 2 is 2.16 bits per heavy atom. The van der Waals surface area contributed by atoms with Gasteiger partial charge in [0.05, 0.1) is 12.6 Å². The number of carbonyl (C=O) groups excluding carboxylic acids is 1. The molecule has 4 heteroatoms. The van der Waals surface area contributed by atoms with Crippen LogP contribution in [0.5, 0.6) is 0 Å². The Bertz CT molecular complexity index is 307. The summed E-state index contributed by atoms with van der Waals surface area (Å²) in [6.07, 6.45) is 6.45.